The Labute approximate surface area is 111 Å². The van der Waals surface area contributed by atoms with E-state index in [0.29, 0.717) is 11.6 Å². The van der Waals surface area contributed by atoms with Gasteiger partial charge in [0.2, 0.25) is 0 Å². The van der Waals surface area contributed by atoms with E-state index in [0.717, 1.165) is 11.1 Å². The molecule has 2 aromatic rings. The summed E-state index contributed by atoms with van der Waals surface area (Å²) >= 11 is 5.90. The summed E-state index contributed by atoms with van der Waals surface area (Å²) < 4.78 is 0. The Morgan fingerprint density at radius 3 is 2.72 bits per heavy atom. The fourth-order valence-electron chi connectivity index (χ4n) is 1.73. The van der Waals surface area contributed by atoms with E-state index in [-0.39, 0.29) is 11.8 Å². The molecule has 0 aliphatic carbocycles. The molecule has 94 valence electrons. The molecule has 1 aromatic heterocycles. The summed E-state index contributed by atoms with van der Waals surface area (Å²) in [5, 5.41) is 13.7. The lowest BCUT2D eigenvalue weighted by Gasteiger charge is -2.14. The Bertz CT molecular complexity index is 516. The largest absolute Gasteiger partial charge is 0.508 e. The molecule has 0 aliphatic heterocycles. The van der Waals surface area contributed by atoms with Gasteiger partial charge < -0.3 is 10.4 Å². The maximum atomic E-state index is 9.71. The second-order valence-electron chi connectivity index (χ2n) is 4.16. The van der Waals surface area contributed by atoms with Gasteiger partial charge in [-0.05, 0) is 42.8 Å². The lowest BCUT2D eigenvalue weighted by molar-refractivity contribution is 0.460. The van der Waals surface area contributed by atoms with Crippen molar-refractivity contribution in [3.8, 4) is 5.75 Å². The van der Waals surface area contributed by atoms with Gasteiger partial charge in [-0.2, -0.15) is 0 Å². The number of hydrogen-bond acceptors (Lipinski definition) is 3. The van der Waals surface area contributed by atoms with Crippen LogP contribution in [0, 0.1) is 0 Å². The van der Waals surface area contributed by atoms with Crippen molar-refractivity contribution in [1.82, 2.24) is 10.3 Å². The number of aromatic nitrogens is 1. The van der Waals surface area contributed by atoms with Crippen molar-refractivity contribution in [3.63, 3.8) is 0 Å². The topological polar surface area (TPSA) is 45.1 Å². The molecule has 1 aromatic carbocycles. The van der Waals surface area contributed by atoms with E-state index < -0.39 is 0 Å². The normalized spacial score (nSPS) is 12.3. The fourth-order valence-corrected chi connectivity index (χ4v) is 1.92. The van der Waals surface area contributed by atoms with Crippen LogP contribution in [0.2, 0.25) is 5.02 Å². The molecule has 0 bridgehead atoms. The van der Waals surface area contributed by atoms with E-state index in [1.807, 2.05) is 12.1 Å². The third kappa shape index (κ3) is 3.22. The zero-order valence-electron chi connectivity index (χ0n) is 10.1. The number of phenols is 1. The first-order valence-electron chi connectivity index (χ1n) is 5.77. The van der Waals surface area contributed by atoms with Crippen LogP contribution in [0.1, 0.15) is 24.1 Å². The van der Waals surface area contributed by atoms with Crippen LogP contribution in [-0.2, 0) is 6.54 Å². The minimum atomic E-state index is 0.186. The molecule has 1 heterocycles. The summed E-state index contributed by atoms with van der Waals surface area (Å²) in [5.41, 5.74) is 1.95. The van der Waals surface area contributed by atoms with Gasteiger partial charge in [-0.3, -0.25) is 4.98 Å². The molecule has 0 unspecified atom stereocenters. The van der Waals surface area contributed by atoms with Crippen LogP contribution in [0.4, 0.5) is 0 Å². The summed E-state index contributed by atoms with van der Waals surface area (Å²) in [6.45, 7) is 2.63. The Morgan fingerprint density at radius 1 is 1.28 bits per heavy atom. The van der Waals surface area contributed by atoms with E-state index in [2.05, 4.69) is 17.2 Å². The first-order chi connectivity index (χ1) is 8.66. The maximum absolute atomic E-state index is 9.71. The smallest absolute Gasteiger partial charge is 0.120 e. The van der Waals surface area contributed by atoms with Gasteiger partial charge in [0.05, 0.1) is 0 Å². The monoisotopic (exact) mass is 262 g/mol. The number of nitrogens with one attached hydrogen (secondary N) is 1. The Balaban J connectivity index is 2.01. The highest BCUT2D eigenvalue weighted by atomic mass is 35.5. The number of hydrogen-bond donors (Lipinski definition) is 2. The minimum absolute atomic E-state index is 0.186. The number of benzene rings is 1. The molecule has 2 rings (SSSR count). The van der Waals surface area contributed by atoms with Crippen LogP contribution >= 0.6 is 11.6 Å². The molecule has 0 saturated heterocycles. The van der Waals surface area contributed by atoms with E-state index in [4.69, 9.17) is 11.6 Å². The highest BCUT2D eigenvalue weighted by Crippen LogP contribution is 2.22. The van der Waals surface area contributed by atoms with Crippen molar-refractivity contribution in [1.29, 1.82) is 0 Å². The molecule has 0 radical (unpaired) electrons. The van der Waals surface area contributed by atoms with Crippen LogP contribution in [0.15, 0.2) is 42.7 Å². The first-order valence-corrected chi connectivity index (χ1v) is 6.15. The van der Waals surface area contributed by atoms with Crippen molar-refractivity contribution in [2.75, 3.05) is 0 Å². The molecule has 3 nitrogen and oxygen atoms in total. The standard InChI is InChI=1S/C14H15ClN2O/c1-10(11-4-6-16-7-5-11)17-9-12-8-13(15)2-3-14(12)18/h2-8,10,17-18H,9H2,1H3/t10-/m1/s1. The molecule has 18 heavy (non-hydrogen) atoms. The molecule has 0 saturated carbocycles. The van der Waals surface area contributed by atoms with Crippen LogP contribution in [0.3, 0.4) is 0 Å². The van der Waals surface area contributed by atoms with Crippen LogP contribution in [-0.4, -0.2) is 10.1 Å². The zero-order chi connectivity index (χ0) is 13.0. The van der Waals surface area contributed by atoms with E-state index in [9.17, 15) is 5.11 Å². The fraction of sp³-hybridized carbons (Fsp3) is 0.214. The lowest BCUT2D eigenvalue weighted by atomic mass is 10.1. The highest BCUT2D eigenvalue weighted by Gasteiger charge is 2.06. The first kappa shape index (κ1) is 12.9. The zero-order valence-corrected chi connectivity index (χ0v) is 10.9. The molecular weight excluding hydrogens is 248 g/mol. The summed E-state index contributed by atoms with van der Waals surface area (Å²) in [6, 6.07) is 9.17. The molecule has 0 spiro atoms. The molecular formula is C14H15ClN2O. The third-order valence-corrected chi connectivity index (χ3v) is 3.08. The number of phenolic OH excluding ortho intramolecular Hbond substituents is 1. The number of pyridine rings is 1. The average molecular weight is 263 g/mol. The second kappa shape index (κ2) is 5.85. The number of rotatable bonds is 4. The minimum Gasteiger partial charge on any atom is -0.508 e. The number of aromatic hydroxyl groups is 1. The highest BCUT2D eigenvalue weighted by molar-refractivity contribution is 6.30. The van der Waals surface area contributed by atoms with Gasteiger partial charge in [-0.15, -0.1) is 0 Å². The Morgan fingerprint density at radius 2 is 2.00 bits per heavy atom. The summed E-state index contributed by atoms with van der Waals surface area (Å²) in [6.07, 6.45) is 3.54. The SMILES string of the molecule is C[C@@H](NCc1cc(Cl)ccc1O)c1ccncc1. The molecule has 0 amide bonds. The summed E-state index contributed by atoms with van der Waals surface area (Å²) in [5.74, 6) is 0.258. The quantitative estimate of drug-likeness (QED) is 0.889. The van der Waals surface area contributed by atoms with E-state index >= 15 is 0 Å². The average Bonchev–Trinajstić information content (AvgIpc) is 2.40. The maximum Gasteiger partial charge on any atom is 0.120 e. The van der Waals surface area contributed by atoms with Gasteiger partial charge >= 0.3 is 0 Å². The third-order valence-electron chi connectivity index (χ3n) is 2.85. The number of nitrogens with zero attached hydrogens (tertiary/aromatic N) is 1. The molecule has 4 heteroatoms. The van der Waals surface area contributed by atoms with Gasteiger partial charge in [0.1, 0.15) is 5.75 Å². The van der Waals surface area contributed by atoms with Gasteiger partial charge in [0.25, 0.3) is 0 Å². The van der Waals surface area contributed by atoms with Crippen LogP contribution < -0.4 is 5.32 Å². The Hall–Kier alpha value is -1.58. The van der Waals surface area contributed by atoms with Gasteiger partial charge in [0, 0.05) is 35.6 Å². The predicted octanol–water partition coefficient (Wildman–Crippen LogP) is 3.29. The molecule has 0 aliphatic rings. The van der Waals surface area contributed by atoms with Crippen molar-refractivity contribution in [2.24, 2.45) is 0 Å². The van der Waals surface area contributed by atoms with E-state index in [1.165, 1.54) is 0 Å². The van der Waals surface area contributed by atoms with Gasteiger partial charge in [-0.1, -0.05) is 11.6 Å². The Kier molecular flexibility index (Phi) is 4.18. The van der Waals surface area contributed by atoms with Gasteiger partial charge in [-0.25, -0.2) is 0 Å². The second-order valence-corrected chi connectivity index (χ2v) is 4.59. The van der Waals surface area contributed by atoms with E-state index in [1.54, 1.807) is 30.6 Å². The molecule has 1 atom stereocenters. The number of halogens is 1. The molecule has 0 fully saturated rings. The van der Waals surface area contributed by atoms with Crippen molar-refractivity contribution >= 4 is 11.6 Å². The van der Waals surface area contributed by atoms with Crippen molar-refractivity contribution in [2.45, 2.75) is 19.5 Å². The molecule has 2 N–H and O–H groups in total. The van der Waals surface area contributed by atoms with Crippen molar-refractivity contribution in [3.05, 3.63) is 58.9 Å². The lowest BCUT2D eigenvalue weighted by Crippen LogP contribution is -2.18. The van der Waals surface area contributed by atoms with Crippen LogP contribution in [0.5, 0.6) is 5.75 Å². The van der Waals surface area contributed by atoms with Gasteiger partial charge in [0.15, 0.2) is 0 Å². The summed E-state index contributed by atoms with van der Waals surface area (Å²) in [7, 11) is 0. The predicted molar refractivity (Wildman–Crippen MR) is 72.6 cm³/mol. The van der Waals surface area contributed by atoms with Crippen LogP contribution in [0.25, 0.3) is 0 Å². The van der Waals surface area contributed by atoms with Crippen molar-refractivity contribution < 1.29 is 5.11 Å². The summed E-state index contributed by atoms with van der Waals surface area (Å²) in [4.78, 5) is 3.99.